The fourth-order valence-electron chi connectivity index (χ4n) is 3.54. The standard InChI is InChI=1S/C17H27FN2/c1-4-13-19-16(14-7-9-15(18)10-8-14)17(20(2)3)11-5-6-12-17/h7-10,16,19H,4-6,11-13H2,1-3H3. The molecule has 1 N–H and O–H groups in total. The fraction of sp³-hybridized carbons (Fsp3) is 0.647. The molecule has 1 unspecified atom stereocenters. The first-order valence-electron chi connectivity index (χ1n) is 7.76. The molecule has 112 valence electrons. The molecule has 0 amide bonds. The van der Waals surface area contributed by atoms with Crippen LogP contribution in [-0.2, 0) is 0 Å². The van der Waals surface area contributed by atoms with Gasteiger partial charge in [0, 0.05) is 5.54 Å². The van der Waals surface area contributed by atoms with Crippen LogP contribution in [0.1, 0.15) is 50.6 Å². The maximum absolute atomic E-state index is 13.2. The van der Waals surface area contributed by atoms with E-state index in [0.717, 1.165) is 13.0 Å². The molecule has 3 heteroatoms. The van der Waals surface area contributed by atoms with Gasteiger partial charge in [-0.25, -0.2) is 4.39 Å². The van der Waals surface area contributed by atoms with Crippen LogP contribution in [0, 0.1) is 5.82 Å². The van der Waals surface area contributed by atoms with Gasteiger partial charge in [-0.3, -0.25) is 0 Å². The molecule has 0 spiro atoms. The Morgan fingerprint density at radius 2 is 1.80 bits per heavy atom. The topological polar surface area (TPSA) is 15.3 Å². The minimum absolute atomic E-state index is 0.159. The highest BCUT2D eigenvalue weighted by molar-refractivity contribution is 5.25. The van der Waals surface area contributed by atoms with E-state index in [2.05, 4.69) is 31.2 Å². The van der Waals surface area contributed by atoms with Gasteiger partial charge in [0.25, 0.3) is 0 Å². The Labute approximate surface area is 122 Å². The maximum atomic E-state index is 13.2. The van der Waals surface area contributed by atoms with Crippen LogP contribution in [0.4, 0.5) is 4.39 Å². The molecule has 1 aliphatic rings. The zero-order valence-corrected chi connectivity index (χ0v) is 13.0. The van der Waals surface area contributed by atoms with Gasteiger partial charge in [0.1, 0.15) is 5.82 Å². The molecule has 1 fully saturated rings. The summed E-state index contributed by atoms with van der Waals surface area (Å²) in [5.74, 6) is -0.159. The molecule has 1 aromatic carbocycles. The molecule has 1 aromatic rings. The zero-order valence-electron chi connectivity index (χ0n) is 13.0. The van der Waals surface area contributed by atoms with Gasteiger partial charge >= 0.3 is 0 Å². The van der Waals surface area contributed by atoms with Gasteiger partial charge in [-0.15, -0.1) is 0 Å². The number of likely N-dealkylation sites (N-methyl/N-ethyl adjacent to an activating group) is 1. The molecule has 1 aliphatic carbocycles. The van der Waals surface area contributed by atoms with E-state index < -0.39 is 0 Å². The van der Waals surface area contributed by atoms with E-state index in [1.54, 1.807) is 12.1 Å². The van der Waals surface area contributed by atoms with Crippen LogP contribution >= 0.6 is 0 Å². The molecule has 2 nitrogen and oxygen atoms in total. The van der Waals surface area contributed by atoms with Gasteiger partial charge in [0.05, 0.1) is 6.04 Å². The maximum Gasteiger partial charge on any atom is 0.123 e. The summed E-state index contributed by atoms with van der Waals surface area (Å²) in [6.45, 7) is 3.18. The normalized spacial score (nSPS) is 19.4. The van der Waals surface area contributed by atoms with Gasteiger partial charge < -0.3 is 10.2 Å². The van der Waals surface area contributed by atoms with Crippen LogP contribution in [-0.4, -0.2) is 31.1 Å². The van der Waals surface area contributed by atoms with Crippen molar-refractivity contribution in [2.45, 2.75) is 50.6 Å². The lowest BCUT2D eigenvalue weighted by Crippen LogP contribution is -2.52. The van der Waals surface area contributed by atoms with E-state index in [4.69, 9.17) is 0 Å². The predicted molar refractivity (Wildman–Crippen MR) is 82.3 cm³/mol. The van der Waals surface area contributed by atoms with E-state index in [9.17, 15) is 4.39 Å². The monoisotopic (exact) mass is 278 g/mol. The van der Waals surface area contributed by atoms with Crippen LogP contribution in [0.5, 0.6) is 0 Å². The molecule has 0 heterocycles. The third-order valence-electron chi connectivity index (χ3n) is 4.70. The van der Waals surface area contributed by atoms with Crippen molar-refractivity contribution in [3.05, 3.63) is 35.6 Å². The summed E-state index contributed by atoms with van der Waals surface area (Å²) in [4.78, 5) is 2.37. The summed E-state index contributed by atoms with van der Waals surface area (Å²) >= 11 is 0. The van der Waals surface area contributed by atoms with Crippen LogP contribution < -0.4 is 5.32 Å². The number of hydrogen-bond acceptors (Lipinski definition) is 2. The zero-order chi connectivity index (χ0) is 14.6. The summed E-state index contributed by atoms with van der Waals surface area (Å²) in [6.07, 6.45) is 6.09. The van der Waals surface area contributed by atoms with E-state index in [1.807, 2.05) is 12.1 Å². The second-order valence-corrected chi connectivity index (χ2v) is 6.14. The largest absolute Gasteiger partial charge is 0.308 e. The number of hydrogen-bond donors (Lipinski definition) is 1. The van der Waals surface area contributed by atoms with Crippen molar-refractivity contribution in [3.63, 3.8) is 0 Å². The first-order chi connectivity index (χ1) is 9.60. The summed E-state index contributed by atoms with van der Waals surface area (Å²) in [6, 6.07) is 7.31. The minimum atomic E-state index is -0.159. The van der Waals surface area contributed by atoms with Gasteiger partial charge in [0.2, 0.25) is 0 Å². The number of nitrogens with zero attached hydrogens (tertiary/aromatic N) is 1. The third-order valence-corrected chi connectivity index (χ3v) is 4.70. The third kappa shape index (κ3) is 3.04. The van der Waals surface area contributed by atoms with Crippen LogP contribution in [0.3, 0.4) is 0 Å². The highest BCUT2D eigenvalue weighted by Crippen LogP contribution is 2.43. The van der Waals surface area contributed by atoms with E-state index in [-0.39, 0.29) is 17.4 Å². The second kappa shape index (κ2) is 6.68. The number of halogens is 1. The molecule has 20 heavy (non-hydrogen) atoms. The number of nitrogens with one attached hydrogen (secondary N) is 1. The second-order valence-electron chi connectivity index (χ2n) is 6.14. The first kappa shape index (κ1) is 15.5. The smallest absolute Gasteiger partial charge is 0.123 e. The Morgan fingerprint density at radius 1 is 1.20 bits per heavy atom. The van der Waals surface area contributed by atoms with Crippen molar-refractivity contribution in [1.29, 1.82) is 0 Å². The SMILES string of the molecule is CCCNC(c1ccc(F)cc1)C1(N(C)C)CCCC1. The molecular weight excluding hydrogens is 251 g/mol. The highest BCUT2D eigenvalue weighted by Gasteiger charge is 2.43. The molecule has 0 saturated heterocycles. The summed E-state index contributed by atoms with van der Waals surface area (Å²) in [7, 11) is 4.35. The number of rotatable bonds is 6. The average molecular weight is 278 g/mol. The summed E-state index contributed by atoms with van der Waals surface area (Å²) in [5.41, 5.74) is 1.36. The summed E-state index contributed by atoms with van der Waals surface area (Å²) in [5, 5.41) is 3.71. The fourth-order valence-corrected chi connectivity index (χ4v) is 3.54. The van der Waals surface area contributed by atoms with Gasteiger partial charge in [0.15, 0.2) is 0 Å². The van der Waals surface area contributed by atoms with Crippen molar-refractivity contribution in [2.24, 2.45) is 0 Å². The van der Waals surface area contributed by atoms with Crippen molar-refractivity contribution >= 4 is 0 Å². The Balaban J connectivity index is 2.32. The lowest BCUT2D eigenvalue weighted by Gasteiger charge is -2.44. The minimum Gasteiger partial charge on any atom is -0.308 e. The van der Waals surface area contributed by atoms with Gasteiger partial charge in [-0.1, -0.05) is 31.9 Å². The molecular formula is C17H27FN2. The van der Waals surface area contributed by atoms with Gasteiger partial charge in [-0.05, 0) is 57.6 Å². The van der Waals surface area contributed by atoms with E-state index in [1.165, 1.54) is 31.2 Å². The van der Waals surface area contributed by atoms with Crippen molar-refractivity contribution in [3.8, 4) is 0 Å². The molecule has 0 bridgehead atoms. The molecule has 0 aliphatic heterocycles. The quantitative estimate of drug-likeness (QED) is 0.852. The molecule has 1 atom stereocenters. The van der Waals surface area contributed by atoms with E-state index >= 15 is 0 Å². The lowest BCUT2D eigenvalue weighted by atomic mass is 9.82. The lowest BCUT2D eigenvalue weighted by molar-refractivity contribution is 0.104. The molecule has 1 saturated carbocycles. The van der Waals surface area contributed by atoms with Crippen molar-refractivity contribution < 1.29 is 4.39 Å². The molecule has 2 rings (SSSR count). The average Bonchev–Trinajstić information content (AvgIpc) is 2.92. The first-order valence-corrected chi connectivity index (χ1v) is 7.76. The molecule has 0 radical (unpaired) electrons. The number of benzene rings is 1. The van der Waals surface area contributed by atoms with E-state index in [0.29, 0.717) is 0 Å². The van der Waals surface area contributed by atoms with Crippen molar-refractivity contribution in [1.82, 2.24) is 10.2 Å². The van der Waals surface area contributed by atoms with Gasteiger partial charge in [-0.2, -0.15) is 0 Å². The highest BCUT2D eigenvalue weighted by atomic mass is 19.1. The summed E-state index contributed by atoms with van der Waals surface area (Å²) < 4.78 is 13.2. The van der Waals surface area contributed by atoms with Crippen molar-refractivity contribution in [2.75, 3.05) is 20.6 Å². The predicted octanol–water partition coefficient (Wildman–Crippen LogP) is 3.74. The van der Waals surface area contributed by atoms with Crippen LogP contribution in [0.25, 0.3) is 0 Å². The molecule has 0 aromatic heterocycles. The van der Waals surface area contributed by atoms with Crippen LogP contribution in [0.15, 0.2) is 24.3 Å². The Hall–Kier alpha value is -0.930. The Bertz CT molecular complexity index is 408. The Morgan fingerprint density at radius 3 is 2.30 bits per heavy atom. The van der Waals surface area contributed by atoms with Crippen LogP contribution in [0.2, 0.25) is 0 Å². The Kier molecular flexibility index (Phi) is 5.17.